The zero-order chi connectivity index (χ0) is 13.4. The SMILES string of the molecule is O=C=C1C=CC=CC1[O-].O=C=C1C=CC=CC1[O-].[Ni+2]. The molecule has 0 aliphatic heterocycles. The maximum absolute atomic E-state index is 10.7. The van der Waals surface area contributed by atoms with Gasteiger partial charge in [-0.15, -0.1) is 0 Å². The standard InChI is InChI=1S/2C7H5O2.Ni/c2*8-5-6-3-1-2-4-7(6)9;/h2*1-4,7H;/q2*-1;+2. The van der Waals surface area contributed by atoms with E-state index in [0.717, 1.165) is 0 Å². The van der Waals surface area contributed by atoms with Crippen molar-refractivity contribution >= 4 is 11.9 Å². The molecule has 0 heterocycles. The molecule has 2 rings (SSSR count). The van der Waals surface area contributed by atoms with Crippen LogP contribution in [0.5, 0.6) is 0 Å². The molecular weight excluding hydrogens is 291 g/mol. The average Bonchev–Trinajstić information content (AvgIpc) is 2.41. The van der Waals surface area contributed by atoms with Crippen molar-refractivity contribution in [2.75, 3.05) is 0 Å². The molecule has 0 radical (unpaired) electrons. The summed E-state index contributed by atoms with van der Waals surface area (Å²) in [7, 11) is 0. The van der Waals surface area contributed by atoms with Crippen molar-refractivity contribution in [3.8, 4) is 0 Å². The van der Waals surface area contributed by atoms with Crippen molar-refractivity contribution in [2.45, 2.75) is 12.2 Å². The van der Waals surface area contributed by atoms with Crippen LogP contribution in [0.1, 0.15) is 0 Å². The number of allylic oxidation sites excluding steroid dienone is 4. The molecule has 2 aliphatic rings. The van der Waals surface area contributed by atoms with Crippen molar-refractivity contribution in [3.05, 3.63) is 59.8 Å². The van der Waals surface area contributed by atoms with E-state index >= 15 is 0 Å². The molecule has 2 atom stereocenters. The van der Waals surface area contributed by atoms with E-state index in [0.29, 0.717) is 0 Å². The summed E-state index contributed by atoms with van der Waals surface area (Å²) in [5.74, 6) is 3.14. The van der Waals surface area contributed by atoms with E-state index < -0.39 is 12.2 Å². The Hall–Kier alpha value is -1.73. The molecule has 0 aromatic carbocycles. The van der Waals surface area contributed by atoms with Gasteiger partial charge in [0.2, 0.25) is 0 Å². The molecule has 4 nitrogen and oxygen atoms in total. The minimum absolute atomic E-state index is 0. The minimum atomic E-state index is -1.01. The van der Waals surface area contributed by atoms with Gasteiger partial charge in [0.25, 0.3) is 0 Å². The van der Waals surface area contributed by atoms with Crippen molar-refractivity contribution in [2.24, 2.45) is 0 Å². The molecule has 0 spiro atoms. The van der Waals surface area contributed by atoms with Crippen LogP contribution in [0.25, 0.3) is 0 Å². The largest absolute Gasteiger partial charge is 2.00 e. The molecule has 19 heavy (non-hydrogen) atoms. The molecular formula is C14H10NiO4. The fourth-order valence-electron chi connectivity index (χ4n) is 1.23. The van der Waals surface area contributed by atoms with Gasteiger partial charge in [-0.2, -0.15) is 0 Å². The monoisotopic (exact) mass is 300 g/mol. The van der Waals surface area contributed by atoms with Gasteiger partial charge in [0.1, 0.15) is 11.9 Å². The van der Waals surface area contributed by atoms with E-state index in [9.17, 15) is 19.8 Å². The molecule has 0 bridgehead atoms. The smallest absolute Gasteiger partial charge is 0.845 e. The van der Waals surface area contributed by atoms with Crippen LogP contribution in [0.15, 0.2) is 59.8 Å². The molecule has 0 amide bonds. The summed E-state index contributed by atoms with van der Waals surface area (Å²) >= 11 is 0. The predicted molar refractivity (Wildman–Crippen MR) is 62.5 cm³/mol. The number of hydrogen-bond acceptors (Lipinski definition) is 4. The molecule has 0 saturated heterocycles. The Morgan fingerprint density at radius 2 is 1.16 bits per heavy atom. The van der Waals surface area contributed by atoms with E-state index in [1.807, 2.05) is 0 Å². The second-order valence-electron chi connectivity index (χ2n) is 3.44. The van der Waals surface area contributed by atoms with Crippen LogP contribution in [0.2, 0.25) is 0 Å². The van der Waals surface area contributed by atoms with Crippen LogP contribution in [0.4, 0.5) is 0 Å². The molecule has 2 unspecified atom stereocenters. The van der Waals surface area contributed by atoms with Gasteiger partial charge in [-0.3, -0.25) is 0 Å². The number of carbonyl (C=O) groups excluding carboxylic acids is 2. The van der Waals surface area contributed by atoms with E-state index in [2.05, 4.69) is 0 Å². The minimum Gasteiger partial charge on any atom is -0.845 e. The van der Waals surface area contributed by atoms with Gasteiger partial charge in [-0.05, 0) is 12.2 Å². The quantitative estimate of drug-likeness (QED) is 0.433. The second-order valence-corrected chi connectivity index (χ2v) is 3.44. The first-order valence-corrected chi connectivity index (χ1v) is 5.20. The van der Waals surface area contributed by atoms with Gasteiger partial charge < -0.3 is 10.2 Å². The number of hydrogen-bond donors (Lipinski definition) is 0. The van der Waals surface area contributed by atoms with E-state index in [-0.39, 0.29) is 27.6 Å². The van der Waals surface area contributed by atoms with Gasteiger partial charge in [0.05, 0.1) is 0 Å². The summed E-state index contributed by atoms with van der Waals surface area (Å²) in [4.78, 5) is 19.8. The first-order chi connectivity index (χ1) is 8.69. The maximum atomic E-state index is 10.7. The van der Waals surface area contributed by atoms with Gasteiger partial charge in [-0.1, -0.05) is 48.7 Å². The molecule has 100 valence electrons. The van der Waals surface area contributed by atoms with E-state index in [4.69, 9.17) is 0 Å². The van der Waals surface area contributed by atoms with Crippen LogP contribution in [-0.2, 0) is 26.1 Å². The second kappa shape index (κ2) is 9.24. The Labute approximate surface area is 120 Å². The first kappa shape index (κ1) is 17.3. The van der Waals surface area contributed by atoms with Crippen LogP contribution in [-0.4, -0.2) is 24.1 Å². The third-order valence-electron chi connectivity index (χ3n) is 2.19. The van der Waals surface area contributed by atoms with Crippen molar-refractivity contribution < 1.29 is 36.3 Å². The third kappa shape index (κ3) is 5.63. The molecule has 2 aliphatic carbocycles. The molecule has 0 fully saturated rings. The van der Waals surface area contributed by atoms with Gasteiger partial charge in [0.15, 0.2) is 0 Å². The Balaban J connectivity index is 0.000000324. The summed E-state index contributed by atoms with van der Waals surface area (Å²) in [6.07, 6.45) is 10.3. The van der Waals surface area contributed by atoms with Crippen LogP contribution >= 0.6 is 0 Å². The van der Waals surface area contributed by atoms with E-state index in [1.165, 1.54) is 24.3 Å². The summed E-state index contributed by atoms with van der Waals surface area (Å²) in [6.45, 7) is 0. The fourth-order valence-corrected chi connectivity index (χ4v) is 1.23. The van der Waals surface area contributed by atoms with Gasteiger partial charge in [0, 0.05) is 11.1 Å². The average molecular weight is 301 g/mol. The Bertz CT molecular complexity index is 468. The molecule has 0 saturated carbocycles. The summed E-state index contributed by atoms with van der Waals surface area (Å²) in [6, 6.07) is 0. The van der Waals surface area contributed by atoms with Gasteiger partial charge in [-0.25, -0.2) is 9.59 Å². The topological polar surface area (TPSA) is 80.3 Å². The van der Waals surface area contributed by atoms with Crippen molar-refractivity contribution in [3.63, 3.8) is 0 Å². The van der Waals surface area contributed by atoms with E-state index in [1.54, 1.807) is 36.2 Å². The molecule has 0 aromatic heterocycles. The van der Waals surface area contributed by atoms with Crippen molar-refractivity contribution in [1.29, 1.82) is 0 Å². The molecule has 0 aromatic rings. The molecule has 0 N–H and O–H groups in total. The van der Waals surface area contributed by atoms with Crippen LogP contribution in [0.3, 0.4) is 0 Å². The first-order valence-electron chi connectivity index (χ1n) is 5.20. The Morgan fingerprint density at radius 1 is 0.789 bits per heavy atom. The predicted octanol–water partition coefficient (Wildman–Crippen LogP) is -0.804. The Kier molecular flexibility index (Phi) is 8.40. The zero-order valence-electron chi connectivity index (χ0n) is 9.72. The summed E-state index contributed by atoms with van der Waals surface area (Å²) < 4.78 is 0. The van der Waals surface area contributed by atoms with Gasteiger partial charge >= 0.3 is 16.5 Å². The number of rotatable bonds is 0. The van der Waals surface area contributed by atoms with Crippen LogP contribution < -0.4 is 10.2 Å². The zero-order valence-corrected chi connectivity index (χ0v) is 10.7. The third-order valence-corrected chi connectivity index (χ3v) is 2.19. The Morgan fingerprint density at radius 3 is 1.37 bits per heavy atom. The maximum Gasteiger partial charge on any atom is 2.00 e. The van der Waals surface area contributed by atoms with Crippen LogP contribution in [0, 0.1) is 0 Å². The molecule has 5 heteroatoms. The summed E-state index contributed by atoms with van der Waals surface area (Å²) in [5.41, 5.74) is 0.356. The normalized spacial score (nSPS) is 22.8. The summed E-state index contributed by atoms with van der Waals surface area (Å²) in [5, 5.41) is 21.3. The fraction of sp³-hybridized carbons (Fsp3) is 0.143. The van der Waals surface area contributed by atoms with Crippen molar-refractivity contribution in [1.82, 2.24) is 0 Å².